The van der Waals surface area contributed by atoms with Gasteiger partial charge in [-0.1, -0.05) is 13.8 Å². The largest absolute Gasteiger partial charge is 0.348 e. The highest BCUT2D eigenvalue weighted by molar-refractivity contribution is 5.30. The maximum atomic E-state index is 4.38. The van der Waals surface area contributed by atoms with Crippen LogP contribution in [0.4, 0.5) is 5.95 Å². The van der Waals surface area contributed by atoms with Crippen molar-refractivity contribution < 1.29 is 0 Å². The number of imidazole rings is 1. The van der Waals surface area contributed by atoms with Crippen molar-refractivity contribution in [3.05, 3.63) is 11.9 Å². The molecule has 1 aromatic heterocycles. The minimum atomic E-state index is 0.761. The average molecular weight is 224 g/mol. The molecule has 0 saturated heterocycles. The van der Waals surface area contributed by atoms with Gasteiger partial charge in [-0.3, -0.25) is 0 Å². The summed E-state index contributed by atoms with van der Waals surface area (Å²) in [6.07, 6.45) is 3.16. The summed E-state index contributed by atoms with van der Waals surface area (Å²) in [5, 5.41) is 3.45. The molecule has 1 aromatic rings. The van der Waals surface area contributed by atoms with E-state index in [2.05, 4.69) is 35.8 Å². The minimum absolute atomic E-state index is 0.761. The standard InChI is InChI=1S/C12H24N4/c1-10(2)6-7-13-8-11-9-14-12(15(3)4)16(11)5/h9-10,13H,6-8H2,1-5H3. The first-order valence-electron chi connectivity index (χ1n) is 5.91. The number of nitrogens with zero attached hydrogens (tertiary/aromatic N) is 3. The predicted molar refractivity (Wildman–Crippen MR) is 68.7 cm³/mol. The van der Waals surface area contributed by atoms with E-state index in [1.807, 2.05) is 25.2 Å². The van der Waals surface area contributed by atoms with Crippen molar-refractivity contribution in [3.63, 3.8) is 0 Å². The van der Waals surface area contributed by atoms with Gasteiger partial charge in [0.15, 0.2) is 0 Å². The van der Waals surface area contributed by atoms with Crippen molar-refractivity contribution >= 4 is 5.95 Å². The molecule has 0 spiro atoms. The molecule has 0 saturated carbocycles. The number of rotatable bonds is 6. The topological polar surface area (TPSA) is 33.1 Å². The van der Waals surface area contributed by atoms with E-state index in [1.54, 1.807) is 0 Å². The minimum Gasteiger partial charge on any atom is -0.348 e. The smallest absolute Gasteiger partial charge is 0.204 e. The fourth-order valence-electron chi connectivity index (χ4n) is 1.62. The molecule has 0 aromatic carbocycles. The van der Waals surface area contributed by atoms with Gasteiger partial charge in [0.25, 0.3) is 0 Å². The zero-order valence-electron chi connectivity index (χ0n) is 11.1. The lowest BCUT2D eigenvalue weighted by molar-refractivity contribution is 0.531. The van der Waals surface area contributed by atoms with E-state index in [-0.39, 0.29) is 0 Å². The SMILES string of the molecule is CC(C)CCNCc1cnc(N(C)C)n1C. The number of hydrogen-bond acceptors (Lipinski definition) is 3. The molecule has 0 fully saturated rings. The van der Waals surface area contributed by atoms with Crippen LogP contribution in [0.5, 0.6) is 0 Å². The molecule has 0 atom stereocenters. The molecule has 0 aliphatic carbocycles. The molecule has 4 heteroatoms. The second kappa shape index (κ2) is 5.89. The molecule has 1 heterocycles. The second-order valence-corrected chi connectivity index (χ2v) is 4.86. The first-order chi connectivity index (χ1) is 7.52. The third kappa shape index (κ3) is 3.52. The molecule has 0 aliphatic rings. The van der Waals surface area contributed by atoms with Crippen molar-refractivity contribution in [1.29, 1.82) is 0 Å². The lowest BCUT2D eigenvalue weighted by Crippen LogP contribution is -2.19. The lowest BCUT2D eigenvalue weighted by Gasteiger charge is -2.13. The highest BCUT2D eigenvalue weighted by atomic mass is 15.3. The van der Waals surface area contributed by atoms with Gasteiger partial charge in [0, 0.05) is 27.7 Å². The fraction of sp³-hybridized carbons (Fsp3) is 0.750. The van der Waals surface area contributed by atoms with Crippen molar-refractivity contribution in [2.24, 2.45) is 13.0 Å². The van der Waals surface area contributed by atoms with Crippen LogP contribution in [0.15, 0.2) is 6.20 Å². The molecule has 0 radical (unpaired) electrons. The van der Waals surface area contributed by atoms with E-state index in [4.69, 9.17) is 0 Å². The first kappa shape index (κ1) is 13.0. The summed E-state index contributed by atoms with van der Waals surface area (Å²) in [7, 11) is 6.08. The van der Waals surface area contributed by atoms with Crippen LogP contribution in [0, 0.1) is 5.92 Å². The van der Waals surface area contributed by atoms with E-state index in [1.165, 1.54) is 12.1 Å². The van der Waals surface area contributed by atoms with Gasteiger partial charge in [0.05, 0.1) is 11.9 Å². The van der Waals surface area contributed by atoms with Crippen molar-refractivity contribution in [2.75, 3.05) is 25.5 Å². The Balaban J connectivity index is 2.43. The Morgan fingerprint density at radius 1 is 1.44 bits per heavy atom. The lowest BCUT2D eigenvalue weighted by atomic mass is 10.1. The van der Waals surface area contributed by atoms with Gasteiger partial charge in [-0.2, -0.15) is 0 Å². The van der Waals surface area contributed by atoms with E-state index < -0.39 is 0 Å². The summed E-state index contributed by atoms with van der Waals surface area (Å²) in [6, 6.07) is 0. The Morgan fingerprint density at radius 2 is 2.12 bits per heavy atom. The van der Waals surface area contributed by atoms with Crippen LogP contribution in [0.1, 0.15) is 26.0 Å². The van der Waals surface area contributed by atoms with Crippen LogP contribution >= 0.6 is 0 Å². The summed E-state index contributed by atoms with van der Waals surface area (Å²) in [4.78, 5) is 6.40. The zero-order chi connectivity index (χ0) is 12.1. The molecule has 4 nitrogen and oxygen atoms in total. The van der Waals surface area contributed by atoms with Crippen LogP contribution in [0.25, 0.3) is 0 Å². The van der Waals surface area contributed by atoms with Crippen molar-refractivity contribution in [1.82, 2.24) is 14.9 Å². The highest BCUT2D eigenvalue weighted by Crippen LogP contribution is 2.10. The zero-order valence-corrected chi connectivity index (χ0v) is 11.1. The van der Waals surface area contributed by atoms with Gasteiger partial charge >= 0.3 is 0 Å². The molecule has 1 rings (SSSR count). The summed E-state index contributed by atoms with van der Waals surface area (Å²) in [5.74, 6) is 1.76. The quantitative estimate of drug-likeness (QED) is 0.745. The van der Waals surface area contributed by atoms with Gasteiger partial charge in [-0.25, -0.2) is 4.98 Å². The molecule has 0 aliphatic heterocycles. The van der Waals surface area contributed by atoms with E-state index in [0.717, 1.165) is 25.0 Å². The maximum absolute atomic E-state index is 4.38. The third-order valence-electron chi connectivity index (χ3n) is 2.66. The summed E-state index contributed by atoms with van der Waals surface area (Å²) in [5.41, 5.74) is 1.23. The Bertz CT molecular complexity index is 315. The molecule has 92 valence electrons. The average Bonchev–Trinajstić information content (AvgIpc) is 2.54. The normalized spacial score (nSPS) is 11.1. The summed E-state index contributed by atoms with van der Waals surface area (Å²) < 4.78 is 2.13. The van der Waals surface area contributed by atoms with Gasteiger partial charge in [-0.15, -0.1) is 0 Å². The van der Waals surface area contributed by atoms with Crippen LogP contribution < -0.4 is 10.2 Å². The third-order valence-corrected chi connectivity index (χ3v) is 2.66. The number of anilines is 1. The number of aromatic nitrogens is 2. The number of hydrogen-bond donors (Lipinski definition) is 1. The van der Waals surface area contributed by atoms with E-state index >= 15 is 0 Å². The van der Waals surface area contributed by atoms with Crippen LogP contribution in [0.2, 0.25) is 0 Å². The van der Waals surface area contributed by atoms with Crippen LogP contribution in [-0.2, 0) is 13.6 Å². The van der Waals surface area contributed by atoms with Crippen LogP contribution in [-0.4, -0.2) is 30.2 Å². The van der Waals surface area contributed by atoms with Gasteiger partial charge in [0.1, 0.15) is 0 Å². The molecule has 0 amide bonds. The molecule has 0 bridgehead atoms. The van der Waals surface area contributed by atoms with E-state index in [0.29, 0.717) is 0 Å². The molecule has 0 unspecified atom stereocenters. The summed E-state index contributed by atoms with van der Waals surface area (Å²) >= 11 is 0. The maximum Gasteiger partial charge on any atom is 0.204 e. The predicted octanol–water partition coefficient (Wildman–Crippen LogP) is 1.62. The van der Waals surface area contributed by atoms with Gasteiger partial charge < -0.3 is 14.8 Å². The monoisotopic (exact) mass is 224 g/mol. The highest BCUT2D eigenvalue weighted by Gasteiger charge is 2.07. The molecular formula is C12H24N4. The Kier molecular flexibility index (Phi) is 4.80. The van der Waals surface area contributed by atoms with Crippen molar-refractivity contribution in [3.8, 4) is 0 Å². The number of nitrogens with one attached hydrogen (secondary N) is 1. The van der Waals surface area contributed by atoms with Crippen molar-refractivity contribution in [2.45, 2.75) is 26.8 Å². The fourth-order valence-corrected chi connectivity index (χ4v) is 1.62. The Labute approximate surface area is 98.7 Å². The Morgan fingerprint density at radius 3 is 2.62 bits per heavy atom. The van der Waals surface area contributed by atoms with Gasteiger partial charge in [-0.05, 0) is 18.9 Å². The second-order valence-electron chi connectivity index (χ2n) is 4.86. The van der Waals surface area contributed by atoms with Crippen LogP contribution in [0.3, 0.4) is 0 Å². The molecular weight excluding hydrogens is 200 g/mol. The van der Waals surface area contributed by atoms with E-state index in [9.17, 15) is 0 Å². The first-order valence-corrected chi connectivity index (χ1v) is 5.91. The molecule has 1 N–H and O–H groups in total. The van der Waals surface area contributed by atoms with Gasteiger partial charge in [0.2, 0.25) is 5.95 Å². The Hall–Kier alpha value is -1.03. The summed E-state index contributed by atoms with van der Waals surface area (Å²) in [6.45, 7) is 6.45. The molecule has 16 heavy (non-hydrogen) atoms.